The zero-order chi connectivity index (χ0) is 25.2. The van der Waals surface area contributed by atoms with Gasteiger partial charge in [0.2, 0.25) is 0 Å². The zero-order valence-corrected chi connectivity index (χ0v) is 21.3. The molecule has 0 spiro atoms. The Balaban J connectivity index is 2.24. The van der Waals surface area contributed by atoms with Crippen molar-refractivity contribution in [3.8, 4) is 11.5 Å². The molecule has 0 aliphatic carbocycles. The van der Waals surface area contributed by atoms with Crippen molar-refractivity contribution in [1.29, 1.82) is 0 Å². The fraction of sp³-hybridized carbons (Fsp3) is 0.458. The number of thiophene rings is 1. The molecule has 1 aromatic carbocycles. The quantitative estimate of drug-likeness (QED) is 0.447. The van der Waals surface area contributed by atoms with Crippen LogP contribution in [0.2, 0.25) is 0 Å². The summed E-state index contributed by atoms with van der Waals surface area (Å²) in [5, 5.41) is 0.314. The van der Waals surface area contributed by atoms with E-state index in [0.29, 0.717) is 37.7 Å². The van der Waals surface area contributed by atoms with Gasteiger partial charge in [-0.3, -0.25) is 13.9 Å². The van der Waals surface area contributed by atoms with Crippen LogP contribution in [-0.2, 0) is 22.6 Å². The van der Waals surface area contributed by atoms with Crippen molar-refractivity contribution in [3.05, 3.63) is 55.0 Å². The van der Waals surface area contributed by atoms with E-state index in [0.717, 1.165) is 15.9 Å². The van der Waals surface area contributed by atoms with Gasteiger partial charge in [0.25, 0.3) is 5.56 Å². The lowest BCUT2D eigenvalue weighted by molar-refractivity contribution is 0.00746. The van der Waals surface area contributed by atoms with Gasteiger partial charge in [0.15, 0.2) is 0 Å². The summed E-state index contributed by atoms with van der Waals surface area (Å²) in [6, 6.07) is 5.18. The van der Waals surface area contributed by atoms with Crippen LogP contribution in [0.25, 0.3) is 10.2 Å². The van der Waals surface area contributed by atoms with Crippen molar-refractivity contribution in [2.75, 3.05) is 27.9 Å². The van der Waals surface area contributed by atoms with Crippen LogP contribution in [0.1, 0.15) is 41.6 Å². The summed E-state index contributed by atoms with van der Waals surface area (Å²) < 4.78 is 24.0. The summed E-state index contributed by atoms with van der Waals surface area (Å²) >= 11 is 1.08. The molecule has 2 heterocycles. The van der Waals surface area contributed by atoms with E-state index in [1.165, 1.54) is 18.8 Å². The van der Waals surface area contributed by atoms with E-state index in [4.69, 9.17) is 18.9 Å². The lowest BCUT2D eigenvalue weighted by atomic mass is 10.1. The summed E-state index contributed by atoms with van der Waals surface area (Å²) in [5.41, 5.74) is -0.540. The van der Waals surface area contributed by atoms with Crippen LogP contribution in [0.15, 0.2) is 27.8 Å². The average Bonchev–Trinajstić information content (AvgIpc) is 3.12. The first-order valence-corrected chi connectivity index (χ1v) is 11.5. The lowest BCUT2D eigenvalue weighted by Crippen LogP contribution is -2.40. The highest BCUT2D eigenvalue weighted by atomic mass is 32.1. The third-order valence-electron chi connectivity index (χ3n) is 5.22. The van der Waals surface area contributed by atoms with Crippen molar-refractivity contribution in [3.63, 3.8) is 0 Å². The molecular formula is C24H30N2O7S. The van der Waals surface area contributed by atoms with E-state index in [9.17, 15) is 14.4 Å². The van der Waals surface area contributed by atoms with Crippen molar-refractivity contribution in [2.24, 2.45) is 0 Å². The van der Waals surface area contributed by atoms with Gasteiger partial charge in [0.05, 0.1) is 39.3 Å². The molecule has 0 amide bonds. The van der Waals surface area contributed by atoms with Crippen LogP contribution in [0.5, 0.6) is 11.5 Å². The van der Waals surface area contributed by atoms with Crippen LogP contribution < -0.4 is 20.7 Å². The van der Waals surface area contributed by atoms with Gasteiger partial charge < -0.3 is 18.9 Å². The molecule has 0 saturated carbocycles. The predicted octanol–water partition coefficient (Wildman–Crippen LogP) is 3.20. The highest BCUT2D eigenvalue weighted by Crippen LogP contribution is 2.30. The maximum atomic E-state index is 13.6. The molecule has 184 valence electrons. The smallest absolute Gasteiger partial charge is 0.349 e. The second kappa shape index (κ2) is 10.0. The number of esters is 1. The highest BCUT2D eigenvalue weighted by molar-refractivity contribution is 7.20. The number of methoxy groups -OCH3 is 3. The molecule has 0 aliphatic heterocycles. The number of hydrogen-bond donors (Lipinski definition) is 0. The van der Waals surface area contributed by atoms with Gasteiger partial charge in [-0.25, -0.2) is 9.59 Å². The molecule has 10 heteroatoms. The summed E-state index contributed by atoms with van der Waals surface area (Å²) in [7, 11) is 4.59. The van der Waals surface area contributed by atoms with Crippen LogP contribution in [0.3, 0.4) is 0 Å². The number of carbonyl (C=O) groups excluding carboxylic acids is 1. The lowest BCUT2D eigenvalue weighted by Gasteiger charge is -2.19. The third kappa shape index (κ3) is 5.02. The van der Waals surface area contributed by atoms with Crippen LogP contribution >= 0.6 is 11.3 Å². The van der Waals surface area contributed by atoms with Crippen LogP contribution in [0, 0.1) is 6.92 Å². The molecule has 0 aliphatic rings. The van der Waals surface area contributed by atoms with E-state index < -0.39 is 22.8 Å². The van der Waals surface area contributed by atoms with Gasteiger partial charge in [0, 0.05) is 18.7 Å². The molecule has 0 fully saturated rings. The second-order valence-electron chi connectivity index (χ2n) is 8.73. The number of ether oxygens (including phenoxy) is 4. The first-order valence-electron chi connectivity index (χ1n) is 10.7. The number of fused-ring (bicyclic) bond motifs is 1. The van der Waals surface area contributed by atoms with Gasteiger partial charge in [0.1, 0.15) is 26.8 Å². The number of aromatic nitrogens is 2. The molecule has 0 N–H and O–H groups in total. The van der Waals surface area contributed by atoms with Crippen molar-refractivity contribution in [2.45, 2.75) is 46.4 Å². The Morgan fingerprint density at radius 3 is 2.35 bits per heavy atom. The number of benzene rings is 1. The van der Waals surface area contributed by atoms with E-state index in [1.54, 1.807) is 53.0 Å². The van der Waals surface area contributed by atoms with Crippen LogP contribution in [-0.4, -0.2) is 48.6 Å². The normalized spacial score (nSPS) is 11.6. The summed E-state index contributed by atoms with van der Waals surface area (Å²) in [6.45, 7) is 7.50. The maximum Gasteiger partial charge on any atom is 0.349 e. The minimum absolute atomic E-state index is 0.00911. The highest BCUT2D eigenvalue weighted by Gasteiger charge is 2.26. The number of rotatable bonds is 8. The van der Waals surface area contributed by atoms with Gasteiger partial charge in [-0.1, -0.05) is 0 Å². The summed E-state index contributed by atoms with van der Waals surface area (Å²) in [5.74, 6) is 0.557. The minimum Gasteiger partial charge on any atom is -0.497 e. The van der Waals surface area contributed by atoms with Crippen molar-refractivity contribution < 1.29 is 23.7 Å². The number of hydrogen-bond acceptors (Lipinski definition) is 8. The number of carbonyl (C=O) groups is 1. The Bertz CT molecular complexity index is 1330. The molecule has 2 aromatic heterocycles. The average molecular weight is 491 g/mol. The minimum atomic E-state index is -0.694. The maximum absolute atomic E-state index is 13.6. The SMILES string of the molecule is COCCn1c(=O)n(Cc2ccc(OC)cc2OC)c(=O)c2c(C)c(C(=O)OC(C)(C)C)sc21. The first kappa shape index (κ1) is 25.5. The monoisotopic (exact) mass is 490 g/mol. The molecule has 0 saturated heterocycles. The second-order valence-corrected chi connectivity index (χ2v) is 9.73. The summed E-state index contributed by atoms with van der Waals surface area (Å²) in [6.07, 6.45) is 0. The van der Waals surface area contributed by atoms with Crippen LogP contribution in [0.4, 0.5) is 0 Å². The van der Waals surface area contributed by atoms with E-state index in [2.05, 4.69) is 0 Å². The Morgan fingerprint density at radius 2 is 1.76 bits per heavy atom. The first-order chi connectivity index (χ1) is 16.0. The molecule has 3 rings (SSSR count). The molecule has 9 nitrogen and oxygen atoms in total. The zero-order valence-electron chi connectivity index (χ0n) is 20.5. The number of aryl methyl sites for hydroxylation is 1. The Hall–Kier alpha value is -3.11. The van der Waals surface area contributed by atoms with Gasteiger partial charge in [-0.2, -0.15) is 0 Å². The molecular weight excluding hydrogens is 460 g/mol. The van der Waals surface area contributed by atoms with E-state index in [-0.39, 0.29) is 19.7 Å². The Labute approximate surface area is 201 Å². The summed E-state index contributed by atoms with van der Waals surface area (Å²) in [4.78, 5) is 40.6. The Kier molecular flexibility index (Phi) is 7.52. The molecule has 3 aromatic rings. The van der Waals surface area contributed by atoms with Crippen molar-refractivity contribution in [1.82, 2.24) is 9.13 Å². The molecule has 0 atom stereocenters. The fourth-order valence-corrected chi connectivity index (χ4v) is 4.78. The molecule has 0 bridgehead atoms. The Morgan fingerprint density at radius 1 is 1.06 bits per heavy atom. The van der Waals surface area contributed by atoms with Gasteiger partial charge >= 0.3 is 11.7 Å². The molecule has 34 heavy (non-hydrogen) atoms. The molecule has 0 unspecified atom stereocenters. The largest absolute Gasteiger partial charge is 0.497 e. The topological polar surface area (TPSA) is 98.0 Å². The third-order valence-corrected chi connectivity index (χ3v) is 6.52. The molecule has 0 radical (unpaired) electrons. The van der Waals surface area contributed by atoms with Gasteiger partial charge in [-0.15, -0.1) is 11.3 Å². The van der Waals surface area contributed by atoms with E-state index >= 15 is 0 Å². The van der Waals surface area contributed by atoms with Crippen molar-refractivity contribution >= 4 is 27.5 Å². The van der Waals surface area contributed by atoms with E-state index in [1.807, 2.05) is 0 Å². The standard InChI is InChI=1S/C24H30N2O7S/c1-14-18-20(27)26(13-15-8-9-16(31-6)12-17(15)32-7)23(29)25(10-11-30-5)21(18)34-19(14)22(28)33-24(2,3)4/h8-9,12H,10-11,13H2,1-7H3. The predicted molar refractivity (Wildman–Crippen MR) is 131 cm³/mol. The number of nitrogens with zero attached hydrogens (tertiary/aromatic N) is 2. The van der Waals surface area contributed by atoms with Gasteiger partial charge in [-0.05, 0) is 45.4 Å². The fourth-order valence-electron chi connectivity index (χ4n) is 3.59.